The van der Waals surface area contributed by atoms with Crippen LogP contribution in [0.5, 0.6) is 0 Å². The Morgan fingerprint density at radius 3 is 3.11 bits per heavy atom. The molecule has 4 rings (SSSR count). The van der Waals surface area contributed by atoms with Gasteiger partial charge < -0.3 is 14.8 Å². The number of carbonyl (C=O) groups is 1. The molecule has 1 aromatic carbocycles. The summed E-state index contributed by atoms with van der Waals surface area (Å²) in [4.78, 5) is 11.4. The van der Waals surface area contributed by atoms with Gasteiger partial charge in [0.05, 0.1) is 5.54 Å². The monoisotopic (exact) mass is 365 g/mol. The molecule has 0 bridgehead atoms. The van der Waals surface area contributed by atoms with Gasteiger partial charge in [0.15, 0.2) is 0 Å². The van der Waals surface area contributed by atoms with E-state index >= 15 is 0 Å². The third kappa shape index (κ3) is 4.04. The average molecular weight is 365 g/mol. The maximum Gasteiger partial charge on any atom is 0.407 e. The fourth-order valence-corrected chi connectivity index (χ4v) is 4.49. The second-order valence-corrected chi connectivity index (χ2v) is 7.95. The second-order valence-electron chi connectivity index (χ2n) is 7.95. The Morgan fingerprint density at radius 2 is 2.30 bits per heavy atom. The van der Waals surface area contributed by atoms with E-state index in [9.17, 15) is 4.79 Å². The van der Waals surface area contributed by atoms with Gasteiger partial charge in [-0.1, -0.05) is 30.0 Å². The molecule has 0 unspecified atom stereocenters. The first-order valence-corrected chi connectivity index (χ1v) is 9.94. The number of alkyl carbamates (subject to hydrolysis) is 1. The van der Waals surface area contributed by atoms with Crippen molar-refractivity contribution in [3.8, 4) is 11.8 Å². The Hall–Kier alpha value is -2.25. The molecule has 27 heavy (non-hydrogen) atoms. The van der Waals surface area contributed by atoms with Gasteiger partial charge in [-0.3, -0.25) is 0 Å². The summed E-state index contributed by atoms with van der Waals surface area (Å²) in [5.74, 6) is 7.10. The van der Waals surface area contributed by atoms with Crippen molar-refractivity contribution < 1.29 is 14.3 Å². The van der Waals surface area contributed by atoms with Crippen LogP contribution in [-0.2, 0) is 15.9 Å². The van der Waals surface area contributed by atoms with E-state index in [4.69, 9.17) is 9.47 Å². The number of unbranched alkanes of at least 4 members (excludes halogenated alkanes) is 1. The standard InChI is InChI=1S/C23H27NO3/c1-26-12-4-2-3-5-17-6-7-19-14-20(9-8-18(19)13-17)21-10-11-23(15-21)16-27-22(25)24-23/h8-9,13-14,21H,2,4,6-7,10-12,15-16H2,1H3,(H,24,25)/t21-,23-/m1/s1. The van der Waals surface area contributed by atoms with Gasteiger partial charge in [0, 0.05) is 25.7 Å². The van der Waals surface area contributed by atoms with Crippen molar-refractivity contribution in [1.82, 2.24) is 5.32 Å². The van der Waals surface area contributed by atoms with Crippen molar-refractivity contribution in [2.45, 2.75) is 56.4 Å². The van der Waals surface area contributed by atoms with Gasteiger partial charge in [0.1, 0.15) is 6.61 Å². The number of fused-ring (bicyclic) bond motifs is 1. The Kier molecular flexibility index (Phi) is 5.22. The van der Waals surface area contributed by atoms with Crippen LogP contribution >= 0.6 is 0 Å². The van der Waals surface area contributed by atoms with Crippen molar-refractivity contribution in [3.63, 3.8) is 0 Å². The molecule has 2 aliphatic carbocycles. The van der Waals surface area contributed by atoms with E-state index in [0.29, 0.717) is 12.5 Å². The number of hydrogen-bond acceptors (Lipinski definition) is 3. The van der Waals surface area contributed by atoms with Gasteiger partial charge in [0.25, 0.3) is 0 Å². The Bertz CT molecular complexity index is 817. The lowest BCUT2D eigenvalue weighted by Crippen LogP contribution is -2.40. The van der Waals surface area contributed by atoms with Gasteiger partial charge >= 0.3 is 6.09 Å². The molecular weight excluding hydrogens is 338 g/mol. The molecule has 2 fully saturated rings. The van der Waals surface area contributed by atoms with Crippen LogP contribution in [0.25, 0.3) is 6.08 Å². The molecule has 0 radical (unpaired) electrons. The lowest BCUT2D eigenvalue weighted by atomic mass is 9.87. The van der Waals surface area contributed by atoms with Gasteiger partial charge in [-0.2, -0.15) is 0 Å². The highest BCUT2D eigenvalue weighted by molar-refractivity contribution is 5.71. The van der Waals surface area contributed by atoms with Crippen LogP contribution in [-0.4, -0.2) is 32.0 Å². The number of methoxy groups -OCH3 is 1. The summed E-state index contributed by atoms with van der Waals surface area (Å²) in [7, 11) is 1.73. The van der Waals surface area contributed by atoms with E-state index in [-0.39, 0.29) is 11.6 Å². The van der Waals surface area contributed by atoms with E-state index in [2.05, 4.69) is 41.4 Å². The predicted molar refractivity (Wildman–Crippen MR) is 105 cm³/mol. The summed E-state index contributed by atoms with van der Waals surface area (Å²) in [6.45, 7) is 1.29. The summed E-state index contributed by atoms with van der Waals surface area (Å²) < 4.78 is 10.2. The number of rotatable bonds is 4. The first-order valence-electron chi connectivity index (χ1n) is 9.94. The van der Waals surface area contributed by atoms with E-state index in [1.54, 1.807) is 7.11 Å². The third-order valence-electron chi connectivity index (χ3n) is 5.99. The highest BCUT2D eigenvalue weighted by atomic mass is 16.6. The van der Waals surface area contributed by atoms with Gasteiger partial charge in [-0.05, 0) is 67.2 Å². The number of cyclic esters (lactones) is 1. The number of amides is 1. The molecule has 1 spiro atoms. The maximum absolute atomic E-state index is 11.4. The third-order valence-corrected chi connectivity index (χ3v) is 5.99. The van der Waals surface area contributed by atoms with Crippen LogP contribution in [0.4, 0.5) is 4.79 Å². The SMILES string of the molecule is COCCCC#CC1=Cc2ccc([C@@H]3CC[C@]4(COC(=O)N4)C3)cc2CC1. The maximum atomic E-state index is 11.4. The molecule has 2 atom stereocenters. The van der Waals surface area contributed by atoms with Crippen LogP contribution in [0.1, 0.15) is 61.1 Å². The normalized spacial score (nSPS) is 26.0. The Labute approximate surface area is 161 Å². The number of allylic oxidation sites excluding steroid dienone is 1. The fraction of sp³-hybridized carbons (Fsp3) is 0.522. The quantitative estimate of drug-likeness (QED) is 0.643. The molecule has 1 aromatic rings. The zero-order valence-electron chi connectivity index (χ0n) is 16.0. The zero-order valence-corrected chi connectivity index (χ0v) is 16.0. The molecule has 1 saturated heterocycles. The summed E-state index contributed by atoms with van der Waals surface area (Å²) in [5, 5.41) is 3.04. The summed E-state index contributed by atoms with van der Waals surface area (Å²) in [5.41, 5.74) is 5.22. The molecule has 4 nitrogen and oxygen atoms in total. The predicted octanol–water partition coefficient (Wildman–Crippen LogP) is 4.19. The molecule has 4 heteroatoms. The summed E-state index contributed by atoms with van der Waals surface area (Å²) in [6.07, 6.45) is 9.03. The number of hydrogen-bond donors (Lipinski definition) is 1. The van der Waals surface area contributed by atoms with Crippen molar-refractivity contribution in [2.24, 2.45) is 0 Å². The second kappa shape index (κ2) is 7.78. The molecule has 1 heterocycles. The summed E-state index contributed by atoms with van der Waals surface area (Å²) >= 11 is 0. The number of benzene rings is 1. The highest BCUT2D eigenvalue weighted by Gasteiger charge is 2.45. The van der Waals surface area contributed by atoms with Crippen LogP contribution in [0, 0.1) is 11.8 Å². The molecular formula is C23H27NO3. The van der Waals surface area contributed by atoms with Crippen LogP contribution < -0.4 is 5.32 Å². The molecule has 3 aliphatic rings. The minimum absolute atomic E-state index is 0.136. The topological polar surface area (TPSA) is 47.6 Å². The van der Waals surface area contributed by atoms with Gasteiger partial charge in [-0.15, -0.1) is 0 Å². The lowest BCUT2D eigenvalue weighted by Gasteiger charge is -2.21. The molecule has 1 aliphatic heterocycles. The minimum atomic E-state index is -0.262. The van der Waals surface area contributed by atoms with E-state index in [1.807, 2.05) is 0 Å². The van der Waals surface area contributed by atoms with Crippen LogP contribution in [0.3, 0.4) is 0 Å². The van der Waals surface area contributed by atoms with E-state index in [1.165, 1.54) is 22.3 Å². The lowest BCUT2D eigenvalue weighted by molar-refractivity contribution is 0.172. The van der Waals surface area contributed by atoms with Crippen molar-refractivity contribution in [2.75, 3.05) is 20.3 Å². The van der Waals surface area contributed by atoms with Gasteiger partial charge in [-0.25, -0.2) is 4.79 Å². The van der Waals surface area contributed by atoms with Crippen molar-refractivity contribution in [1.29, 1.82) is 0 Å². The fourth-order valence-electron chi connectivity index (χ4n) is 4.49. The number of carbonyl (C=O) groups excluding carboxylic acids is 1. The van der Waals surface area contributed by atoms with Gasteiger partial charge in [0.2, 0.25) is 0 Å². The molecule has 1 amide bonds. The minimum Gasteiger partial charge on any atom is -0.447 e. The van der Waals surface area contributed by atoms with E-state index < -0.39 is 0 Å². The largest absolute Gasteiger partial charge is 0.447 e. The smallest absolute Gasteiger partial charge is 0.407 e. The number of ether oxygens (including phenoxy) is 2. The van der Waals surface area contributed by atoms with Crippen LogP contribution in [0.2, 0.25) is 0 Å². The molecule has 1 saturated carbocycles. The van der Waals surface area contributed by atoms with E-state index in [0.717, 1.165) is 51.6 Å². The first kappa shape index (κ1) is 18.1. The molecule has 0 aromatic heterocycles. The number of aryl methyl sites for hydroxylation is 1. The number of nitrogens with one attached hydrogen (secondary N) is 1. The zero-order chi connectivity index (χ0) is 18.7. The van der Waals surface area contributed by atoms with Crippen molar-refractivity contribution in [3.05, 3.63) is 40.5 Å². The summed E-state index contributed by atoms with van der Waals surface area (Å²) in [6, 6.07) is 6.87. The highest BCUT2D eigenvalue weighted by Crippen LogP contribution is 2.43. The Morgan fingerprint density at radius 1 is 1.37 bits per heavy atom. The van der Waals surface area contributed by atoms with Crippen LogP contribution in [0.15, 0.2) is 23.8 Å². The molecule has 1 N–H and O–H groups in total. The average Bonchev–Trinajstić information content (AvgIpc) is 3.27. The molecule has 142 valence electrons. The Balaban J connectivity index is 1.42. The van der Waals surface area contributed by atoms with Crippen molar-refractivity contribution >= 4 is 12.2 Å². The first-order chi connectivity index (χ1) is 13.2.